The molecule has 0 unspecified atom stereocenters. The van der Waals surface area contributed by atoms with Crippen LogP contribution in [0.3, 0.4) is 0 Å². The minimum atomic E-state index is -0.863. The quantitative estimate of drug-likeness (QED) is 0.346. The number of pyridine rings is 2. The smallest absolute Gasteiger partial charge is 0.251 e. The third-order valence-electron chi connectivity index (χ3n) is 6.68. The van der Waals surface area contributed by atoms with Crippen molar-refractivity contribution in [3.05, 3.63) is 82.3 Å². The van der Waals surface area contributed by atoms with E-state index in [9.17, 15) is 9.90 Å². The first-order valence-corrected chi connectivity index (χ1v) is 13.8. The second-order valence-corrected chi connectivity index (χ2v) is 11.3. The maximum atomic E-state index is 13.3. The molecule has 1 aromatic carbocycles. The van der Waals surface area contributed by atoms with Crippen molar-refractivity contribution in [3.8, 4) is 5.75 Å². The number of carbonyl (C=O) groups is 1. The first-order valence-electron chi connectivity index (χ1n) is 13.5. The standard InChI is InChI=1S/C30H38ClN5O3/c1-30(2,3)22-9-11-33-23(17-22)18-32-19-26(37)25-14-20-7-6-8-24(13-20)39-12-5-4-10-34-28-16-21(29(38)35-25)15-27(31)36-28/h6-9,11,13,15-17,25-26,32,37H,4-5,10,12,14,18-19H2,1-3H3,(H,34,36)(H,35,38)/t25-,26+/m0/s1. The number of aliphatic hydroxyl groups is 1. The number of fused-ring (bicyclic) bond motifs is 4. The number of hydrogen-bond donors (Lipinski definition) is 4. The van der Waals surface area contributed by atoms with Crippen LogP contribution in [0.4, 0.5) is 5.82 Å². The summed E-state index contributed by atoms with van der Waals surface area (Å²) in [5, 5.41) is 21.0. The summed E-state index contributed by atoms with van der Waals surface area (Å²) in [6.07, 6.45) is 3.12. The SMILES string of the molecule is CC(C)(C)c1ccnc(CNC[C@@H](O)[C@@H]2Cc3cccc(c3)OCCCCNc3cc(cc(Cl)n3)C(=O)N2)c1. The van der Waals surface area contributed by atoms with Gasteiger partial charge in [0.15, 0.2) is 0 Å². The normalized spacial score (nSPS) is 17.5. The molecule has 0 saturated carbocycles. The molecule has 3 heterocycles. The Bertz CT molecular complexity index is 1260. The Balaban J connectivity index is 1.51. The lowest BCUT2D eigenvalue weighted by molar-refractivity contribution is 0.0829. The van der Waals surface area contributed by atoms with Crippen LogP contribution in [-0.4, -0.2) is 52.8 Å². The highest BCUT2D eigenvalue weighted by molar-refractivity contribution is 6.29. The minimum absolute atomic E-state index is 0.0225. The zero-order valence-corrected chi connectivity index (χ0v) is 23.6. The third kappa shape index (κ3) is 8.65. The Morgan fingerprint density at radius 2 is 2.03 bits per heavy atom. The predicted molar refractivity (Wildman–Crippen MR) is 155 cm³/mol. The largest absolute Gasteiger partial charge is 0.494 e. The zero-order valence-electron chi connectivity index (χ0n) is 22.8. The molecule has 0 saturated heterocycles. The van der Waals surface area contributed by atoms with E-state index in [1.54, 1.807) is 6.07 Å². The van der Waals surface area contributed by atoms with Crippen molar-refractivity contribution in [2.24, 2.45) is 0 Å². The molecule has 2 atom stereocenters. The van der Waals surface area contributed by atoms with Crippen molar-refractivity contribution >= 4 is 23.3 Å². The van der Waals surface area contributed by atoms with Gasteiger partial charge in [-0.05, 0) is 72.2 Å². The lowest BCUT2D eigenvalue weighted by Crippen LogP contribution is -2.48. The molecule has 9 heteroatoms. The molecular formula is C30H38ClN5O3. The molecule has 4 N–H and O–H groups in total. The highest BCUT2D eigenvalue weighted by Crippen LogP contribution is 2.22. The fourth-order valence-electron chi connectivity index (χ4n) is 4.43. The molecule has 1 aliphatic heterocycles. The van der Waals surface area contributed by atoms with Crippen LogP contribution in [-0.2, 0) is 18.4 Å². The first kappa shape index (κ1) is 28.8. The molecule has 1 aliphatic rings. The molecule has 0 spiro atoms. The monoisotopic (exact) mass is 551 g/mol. The van der Waals surface area contributed by atoms with Crippen LogP contribution >= 0.6 is 11.6 Å². The van der Waals surface area contributed by atoms with Gasteiger partial charge in [0.1, 0.15) is 16.7 Å². The van der Waals surface area contributed by atoms with Gasteiger partial charge in [0.25, 0.3) is 5.91 Å². The highest BCUT2D eigenvalue weighted by Gasteiger charge is 2.24. The summed E-state index contributed by atoms with van der Waals surface area (Å²) in [4.78, 5) is 22.0. The fourth-order valence-corrected chi connectivity index (χ4v) is 4.64. The van der Waals surface area contributed by atoms with Crippen molar-refractivity contribution in [2.45, 2.75) is 64.1 Å². The number of aromatic nitrogens is 2. The Morgan fingerprint density at radius 1 is 1.18 bits per heavy atom. The molecule has 0 radical (unpaired) electrons. The molecule has 4 bridgehead atoms. The summed E-state index contributed by atoms with van der Waals surface area (Å²) in [6.45, 7) is 8.54. The van der Waals surface area contributed by atoms with Crippen LogP contribution in [0.1, 0.15) is 60.8 Å². The Morgan fingerprint density at radius 3 is 2.85 bits per heavy atom. The van der Waals surface area contributed by atoms with E-state index in [0.717, 1.165) is 29.8 Å². The number of benzene rings is 1. The summed E-state index contributed by atoms with van der Waals surface area (Å²) >= 11 is 6.22. The molecule has 39 heavy (non-hydrogen) atoms. The van der Waals surface area contributed by atoms with E-state index < -0.39 is 12.1 Å². The minimum Gasteiger partial charge on any atom is -0.494 e. The van der Waals surface area contributed by atoms with Crippen LogP contribution in [0.5, 0.6) is 5.75 Å². The van der Waals surface area contributed by atoms with E-state index in [1.807, 2.05) is 36.5 Å². The molecular weight excluding hydrogens is 514 g/mol. The number of amides is 1. The van der Waals surface area contributed by atoms with Crippen LogP contribution in [0.2, 0.25) is 5.15 Å². The number of halogens is 1. The highest BCUT2D eigenvalue weighted by atomic mass is 35.5. The number of nitrogens with zero attached hydrogens (tertiary/aromatic N) is 2. The predicted octanol–water partition coefficient (Wildman–Crippen LogP) is 4.50. The molecule has 0 aliphatic carbocycles. The average molecular weight is 552 g/mol. The molecule has 208 valence electrons. The Hall–Kier alpha value is -3.20. The number of hydrogen-bond acceptors (Lipinski definition) is 7. The third-order valence-corrected chi connectivity index (χ3v) is 6.87. The molecule has 4 rings (SSSR count). The van der Waals surface area contributed by atoms with E-state index in [-0.39, 0.29) is 23.0 Å². The first-order chi connectivity index (χ1) is 18.7. The number of anilines is 1. The molecule has 8 nitrogen and oxygen atoms in total. The summed E-state index contributed by atoms with van der Waals surface area (Å²) in [5.41, 5.74) is 3.46. The lowest BCUT2D eigenvalue weighted by atomic mass is 9.87. The summed E-state index contributed by atoms with van der Waals surface area (Å²) in [5.74, 6) is 0.980. The summed E-state index contributed by atoms with van der Waals surface area (Å²) in [7, 11) is 0. The number of aliphatic hydroxyl groups excluding tert-OH is 1. The van der Waals surface area contributed by atoms with Crippen molar-refractivity contribution in [3.63, 3.8) is 0 Å². The maximum Gasteiger partial charge on any atom is 0.251 e. The van der Waals surface area contributed by atoms with Crippen LogP contribution in [0.25, 0.3) is 0 Å². The van der Waals surface area contributed by atoms with E-state index >= 15 is 0 Å². The van der Waals surface area contributed by atoms with Crippen molar-refractivity contribution < 1.29 is 14.6 Å². The van der Waals surface area contributed by atoms with Gasteiger partial charge in [0, 0.05) is 31.4 Å². The van der Waals surface area contributed by atoms with Gasteiger partial charge in [-0.2, -0.15) is 0 Å². The fraction of sp³-hybridized carbons (Fsp3) is 0.433. The average Bonchev–Trinajstić information content (AvgIpc) is 2.89. The molecule has 3 aromatic rings. The zero-order chi connectivity index (χ0) is 27.8. The van der Waals surface area contributed by atoms with E-state index in [2.05, 4.69) is 52.8 Å². The second-order valence-electron chi connectivity index (χ2n) is 11.0. The van der Waals surface area contributed by atoms with Crippen LogP contribution in [0, 0.1) is 0 Å². The van der Waals surface area contributed by atoms with Crippen LogP contribution in [0.15, 0.2) is 54.7 Å². The van der Waals surface area contributed by atoms with Gasteiger partial charge in [0.05, 0.1) is 24.4 Å². The second kappa shape index (κ2) is 13.2. The maximum absolute atomic E-state index is 13.3. The van der Waals surface area contributed by atoms with Crippen molar-refractivity contribution in [1.29, 1.82) is 0 Å². The molecule has 0 fully saturated rings. The van der Waals surface area contributed by atoms with Gasteiger partial charge in [-0.25, -0.2) is 4.98 Å². The number of carbonyl (C=O) groups excluding carboxylic acids is 1. The van der Waals surface area contributed by atoms with Crippen molar-refractivity contribution in [1.82, 2.24) is 20.6 Å². The van der Waals surface area contributed by atoms with E-state index in [4.69, 9.17) is 16.3 Å². The summed E-state index contributed by atoms with van der Waals surface area (Å²) < 4.78 is 5.94. The Kier molecular flexibility index (Phi) is 9.78. The van der Waals surface area contributed by atoms with Gasteiger partial charge in [-0.3, -0.25) is 9.78 Å². The number of nitrogens with one attached hydrogen (secondary N) is 3. The molecule has 2 aromatic heterocycles. The Labute approximate surface area is 235 Å². The van der Waals surface area contributed by atoms with Gasteiger partial charge in [0.2, 0.25) is 0 Å². The van der Waals surface area contributed by atoms with E-state index in [0.29, 0.717) is 37.5 Å². The van der Waals surface area contributed by atoms with Crippen molar-refractivity contribution in [2.75, 3.05) is 25.0 Å². The van der Waals surface area contributed by atoms with Gasteiger partial charge < -0.3 is 25.8 Å². The topological polar surface area (TPSA) is 108 Å². The number of ether oxygens (including phenoxy) is 1. The van der Waals surface area contributed by atoms with Gasteiger partial charge in [-0.15, -0.1) is 0 Å². The van der Waals surface area contributed by atoms with Gasteiger partial charge >= 0.3 is 0 Å². The molecule has 1 amide bonds. The lowest BCUT2D eigenvalue weighted by Gasteiger charge is -2.25. The van der Waals surface area contributed by atoms with E-state index in [1.165, 1.54) is 11.6 Å². The number of rotatable bonds is 5. The summed E-state index contributed by atoms with van der Waals surface area (Å²) in [6, 6.07) is 14.6. The van der Waals surface area contributed by atoms with Gasteiger partial charge in [-0.1, -0.05) is 44.5 Å². The van der Waals surface area contributed by atoms with Crippen LogP contribution < -0.4 is 20.7 Å².